The maximum Gasteiger partial charge on any atom is 0.306 e. The molecule has 1 aliphatic carbocycles. The van der Waals surface area contributed by atoms with Crippen molar-refractivity contribution in [2.24, 2.45) is 11.3 Å². The van der Waals surface area contributed by atoms with E-state index in [1.165, 1.54) is 0 Å². The molecule has 0 radical (unpaired) electrons. The highest BCUT2D eigenvalue weighted by Crippen LogP contribution is 2.25. The average molecular weight is 273 g/mol. The summed E-state index contributed by atoms with van der Waals surface area (Å²) in [6.07, 6.45) is 1.20. The van der Waals surface area contributed by atoms with Gasteiger partial charge in [-0.05, 0) is 19.3 Å². The number of carbonyl (C=O) groups excluding carboxylic acids is 1. The Labute approximate surface area is 112 Å². The van der Waals surface area contributed by atoms with Gasteiger partial charge in [-0.25, -0.2) is 0 Å². The number of carboxylic acids is 1. The van der Waals surface area contributed by atoms with Crippen molar-refractivity contribution >= 4 is 11.9 Å². The van der Waals surface area contributed by atoms with Crippen LogP contribution >= 0.6 is 0 Å². The summed E-state index contributed by atoms with van der Waals surface area (Å²) in [7, 11) is 0. The minimum atomic E-state index is -1.30. The number of amides is 1. The normalized spacial score (nSPS) is 25.7. The van der Waals surface area contributed by atoms with Gasteiger partial charge < -0.3 is 20.6 Å². The summed E-state index contributed by atoms with van der Waals surface area (Å²) in [5.74, 6) is -1.81. The third-order valence-electron chi connectivity index (χ3n) is 3.77. The largest absolute Gasteiger partial charge is 0.481 e. The average Bonchev–Trinajstić information content (AvgIpc) is 2.38. The summed E-state index contributed by atoms with van der Waals surface area (Å²) in [4.78, 5) is 22.8. The molecule has 0 bridgehead atoms. The molecule has 3 atom stereocenters. The minimum absolute atomic E-state index is 0.216. The van der Waals surface area contributed by atoms with Gasteiger partial charge in [0.1, 0.15) is 6.10 Å². The molecule has 1 fully saturated rings. The van der Waals surface area contributed by atoms with Crippen LogP contribution in [0.4, 0.5) is 0 Å². The molecule has 0 aromatic rings. The lowest BCUT2D eigenvalue weighted by molar-refractivity contribution is -0.144. The SMILES string of the molecule is CC(C)(CO)[C@@H](O)C(=O)N[C@@H]1CCC[C@H](C(=O)O)C1. The smallest absolute Gasteiger partial charge is 0.306 e. The van der Waals surface area contributed by atoms with Gasteiger partial charge in [-0.1, -0.05) is 20.3 Å². The van der Waals surface area contributed by atoms with E-state index in [1.807, 2.05) is 0 Å². The summed E-state index contributed by atoms with van der Waals surface area (Å²) >= 11 is 0. The summed E-state index contributed by atoms with van der Waals surface area (Å²) in [6, 6.07) is -0.216. The summed E-state index contributed by atoms with van der Waals surface area (Å²) in [5.41, 5.74) is -0.912. The first-order valence-electron chi connectivity index (χ1n) is 6.60. The first-order valence-corrected chi connectivity index (χ1v) is 6.60. The molecule has 4 N–H and O–H groups in total. The van der Waals surface area contributed by atoms with E-state index in [0.717, 1.165) is 12.8 Å². The number of hydrogen-bond donors (Lipinski definition) is 4. The van der Waals surface area contributed by atoms with Crippen LogP contribution in [-0.2, 0) is 9.59 Å². The van der Waals surface area contributed by atoms with E-state index in [0.29, 0.717) is 12.8 Å². The van der Waals surface area contributed by atoms with Gasteiger partial charge in [0.2, 0.25) is 5.91 Å². The van der Waals surface area contributed by atoms with E-state index < -0.39 is 29.3 Å². The number of rotatable bonds is 5. The lowest BCUT2D eigenvalue weighted by Crippen LogP contribution is -2.50. The van der Waals surface area contributed by atoms with Gasteiger partial charge in [0.15, 0.2) is 0 Å². The van der Waals surface area contributed by atoms with Crippen molar-refractivity contribution in [2.45, 2.75) is 51.7 Å². The number of aliphatic hydroxyl groups excluding tert-OH is 2. The van der Waals surface area contributed by atoms with Gasteiger partial charge >= 0.3 is 5.97 Å². The van der Waals surface area contributed by atoms with E-state index >= 15 is 0 Å². The Bertz CT molecular complexity index is 342. The molecule has 1 saturated carbocycles. The first kappa shape index (κ1) is 15.9. The topological polar surface area (TPSA) is 107 Å². The number of aliphatic carboxylic acids is 1. The van der Waals surface area contributed by atoms with Gasteiger partial charge in [-0.2, -0.15) is 0 Å². The number of aliphatic hydroxyl groups is 2. The maximum absolute atomic E-state index is 11.9. The van der Waals surface area contributed by atoms with E-state index in [1.54, 1.807) is 13.8 Å². The lowest BCUT2D eigenvalue weighted by atomic mass is 9.84. The van der Waals surface area contributed by atoms with Crippen LogP contribution in [0, 0.1) is 11.3 Å². The quantitative estimate of drug-likeness (QED) is 0.569. The Morgan fingerprint density at radius 3 is 2.53 bits per heavy atom. The molecule has 0 aromatic carbocycles. The molecule has 110 valence electrons. The molecule has 0 aliphatic heterocycles. The molecule has 6 heteroatoms. The lowest BCUT2D eigenvalue weighted by Gasteiger charge is -2.31. The first-order chi connectivity index (χ1) is 8.77. The highest BCUT2D eigenvalue weighted by molar-refractivity contribution is 5.81. The molecule has 0 unspecified atom stereocenters. The molecule has 0 spiro atoms. The Kier molecular flexibility index (Phi) is 5.31. The summed E-state index contributed by atoms with van der Waals surface area (Å²) < 4.78 is 0. The molecule has 0 heterocycles. The van der Waals surface area contributed by atoms with Crippen molar-refractivity contribution < 1.29 is 24.9 Å². The molecular formula is C13H23NO5. The Hall–Kier alpha value is -1.14. The van der Waals surface area contributed by atoms with Crippen LogP contribution in [0.2, 0.25) is 0 Å². The van der Waals surface area contributed by atoms with Crippen LogP contribution in [0.15, 0.2) is 0 Å². The van der Waals surface area contributed by atoms with Gasteiger partial charge in [0, 0.05) is 11.5 Å². The Morgan fingerprint density at radius 2 is 2.00 bits per heavy atom. The third kappa shape index (κ3) is 4.18. The zero-order chi connectivity index (χ0) is 14.6. The van der Waals surface area contributed by atoms with E-state index in [9.17, 15) is 14.7 Å². The van der Waals surface area contributed by atoms with Crippen molar-refractivity contribution in [2.75, 3.05) is 6.61 Å². The Morgan fingerprint density at radius 1 is 1.37 bits per heavy atom. The minimum Gasteiger partial charge on any atom is -0.481 e. The zero-order valence-corrected chi connectivity index (χ0v) is 11.4. The highest BCUT2D eigenvalue weighted by atomic mass is 16.4. The van der Waals surface area contributed by atoms with E-state index in [-0.39, 0.29) is 12.6 Å². The van der Waals surface area contributed by atoms with Crippen molar-refractivity contribution in [3.05, 3.63) is 0 Å². The van der Waals surface area contributed by atoms with Crippen molar-refractivity contribution in [1.82, 2.24) is 5.32 Å². The second kappa shape index (κ2) is 6.34. The summed E-state index contributed by atoms with van der Waals surface area (Å²) in [6.45, 7) is 2.89. The molecule has 0 aromatic heterocycles. The van der Waals surface area contributed by atoms with Crippen LogP contribution < -0.4 is 5.32 Å². The maximum atomic E-state index is 11.9. The predicted molar refractivity (Wildman–Crippen MR) is 68.4 cm³/mol. The van der Waals surface area contributed by atoms with Crippen molar-refractivity contribution in [3.63, 3.8) is 0 Å². The second-order valence-electron chi connectivity index (χ2n) is 5.96. The molecule has 6 nitrogen and oxygen atoms in total. The van der Waals surface area contributed by atoms with Crippen molar-refractivity contribution in [1.29, 1.82) is 0 Å². The number of carboxylic acid groups (broad SMARTS) is 1. The van der Waals surface area contributed by atoms with Crippen LogP contribution in [0.25, 0.3) is 0 Å². The fraction of sp³-hybridized carbons (Fsp3) is 0.846. The highest BCUT2D eigenvalue weighted by Gasteiger charge is 2.35. The standard InChI is InChI=1S/C13H23NO5/c1-13(2,7-15)10(16)11(17)14-9-5-3-4-8(6-9)12(18)19/h8-10,15-16H,3-7H2,1-2H3,(H,14,17)(H,18,19)/t8-,9+,10-/m0/s1. The number of carbonyl (C=O) groups is 2. The Balaban J connectivity index is 2.55. The van der Waals surface area contributed by atoms with Crippen LogP contribution in [0.5, 0.6) is 0 Å². The van der Waals surface area contributed by atoms with Gasteiger partial charge in [0.25, 0.3) is 0 Å². The molecular weight excluding hydrogens is 250 g/mol. The van der Waals surface area contributed by atoms with Crippen LogP contribution in [0.3, 0.4) is 0 Å². The summed E-state index contributed by atoms with van der Waals surface area (Å²) in [5, 5.41) is 30.6. The molecule has 1 rings (SSSR count). The zero-order valence-electron chi connectivity index (χ0n) is 11.4. The molecule has 1 amide bonds. The fourth-order valence-corrected chi connectivity index (χ4v) is 2.27. The van der Waals surface area contributed by atoms with Crippen molar-refractivity contribution in [3.8, 4) is 0 Å². The molecule has 0 saturated heterocycles. The molecule has 19 heavy (non-hydrogen) atoms. The van der Waals surface area contributed by atoms with Gasteiger partial charge in [-0.3, -0.25) is 9.59 Å². The predicted octanol–water partition coefficient (Wildman–Crippen LogP) is 0.125. The number of hydrogen-bond acceptors (Lipinski definition) is 4. The molecule has 1 aliphatic rings. The van der Waals surface area contributed by atoms with E-state index in [2.05, 4.69) is 5.32 Å². The van der Waals surface area contributed by atoms with Crippen LogP contribution in [-0.4, -0.2) is 45.9 Å². The third-order valence-corrected chi connectivity index (χ3v) is 3.77. The van der Waals surface area contributed by atoms with Gasteiger partial charge in [0.05, 0.1) is 12.5 Å². The van der Waals surface area contributed by atoms with Crippen LogP contribution in [0.1, 0.15) is 39.5 Å². The monoisotopic (exact) mass is 273 g/mol. The fourth-order valence-electron chi connectivity index (χ4n) is 2.27. The second-order valence-corrected chi connectivity index (χ2v) is 5.96. The number of nitrogens with one attached hydrogen (secondary N) is 1. The van der Waals surface area contributed by atoms with E-state index in [4.69, 9.17) is 10.2 Å². The van der Waals surface area contributed by atoms with Gasteiger partial charge in [-0.15, -0.1) is 0 Å².